The summed E-state index contributed by atoms with van der Waals surface area (Å²) in [7, 11) is 1.56. The molecule has 5 rings (SSSR count). The molecule has 2 aliphatic heterocycles. The molecule has 0 aliphatic carbocycles. The third-order valence-electron chi connectivity index (χ3n) is 5.81. The number of para-hydroxylation sites is 1. The number of benzene rings is 2. The van der Waals surface area contributed by atoms with Crippen molar-refractivity contribution in [2.75, 3.05) is 26.9 Å². The zero-order valence-electron chi connectivity index (χ0n) is 19.6. The van der Waals surface area contributed by atoms with Gasteiger partial charge in [-0.1, -0.05) is 35.6 Å². The number of esters is 1. The maximum atomic E-state index is 13.7. The Morgan fingerprint density at radius 3 is 2.74 bits per heavy atom. The summed E-state index contributed by atoms with van der Waals surface area (Å²) in [6.07, 6.45) is 1.80. The van der Waals surface area contributed by atoms with Crippen LogP contribution in [0.15, 0.2) is 63.5 Å². The number of thiazole rings is 1. The van der Waals surface area contributed by atoms with E-state index in [0.717, 1.165) is 5.56 Å². The minimum Gasteiger partial charge on any atom is -0.496 e. The van der Waals surface area contributed by atoms with Crippen molar-refractivity contribution in [1.82, 2.24) is 4.57 Å². The quantitative estimate of drug-likeness (QED) is 0.509. The molecule has 0 bridgehead atoms. The fourth-order valence-electron chi connectivity index (χ4n) is 4.28. The standard InChI is InChI=1S/C26H24N2O6S/c1-4-32-25(30)22-15(2)27-26-28(23(22)17-7-5-6-8-18(17)31-3)24(29)21(35-26)14-16-9-10-19-20(13-16)34-12-11-33-19/h5-10,13-14,23H,4,11-12H2,1-3H3/t23-/m0/s1. The van der Waals surface area contributed by atoms with Gasteiger partial charge >= 0.3 is 5.97 Å². The summed E-state index contributed by atoms with van der Waals surface area (Å²) in [5.74, 6) is 1.38. The van der Waals surface area contributed by atoms with Crippen molar-refractivity contribution < 1.29 is 23.7 Å². The molecule has 35 heavy (non-hydrogen) atoms. The molecule has 0 N–H and O–H groups in total. The molecule has 1 atom stereocenters. The van der Waals surface area contributed by atoms with Crippen LogP contribution in [0.5, 0.6) is 17.2 Å². The van der Waals surface area contributed by atoms with Crippen LogP contribution in [0.1, 0.15) is 31.0 Å². The summed E-state index contributed by atoms with van der Waals surface area (Å²) in [5, 5.41) is 0. The molecular formula is C26H24N2O6S. The normalized spacial score (nSPS) is 17.0. The number of aromatic nitrogens is 1. The average molecular weight is 493 g/mol. The number of hydrogen-bond donors (Lipinski definition) is 0. The van der Waals surface area contributed by atoms with Gasteiger partial charge in [0.05, 0.1) is 29.5 Å². The number of allylic oxidation sites excluding steroid dienone is 1. The lowest BCUT2D eigenvalue weighted by atomic mass is 9.95. The molecule has 2 aromatic carbocycles. The number of hydrogen-bond acceptors (Lipinski definition) is 8. The Morgan fingerprint density at radius 1 is 1.20 bits per heavy atom. The minimum absolute atomic E-state index is 0.211. The van der Waals surface area contributed by atoms with E-state index in [1.165, 1.54) is 11.3 Å². The summed E-state index contributed by atoms with van der Waals surface area (Å²) >= 11 is 1.27. The summed E-state index contributed by atoms with van der Waals surface area (Å²) in [6.45, 7) is 4.70. The second-order valence-corrected chi connectivity index (χ2v) is 8.96. The topological polar surface area (TPSA) is 88.4 Å². The highest BCUT2D eigenvalue weighted by Crippen LogP contribution is 2.35. The first-order chi connectivity index (χ1) is 17.0. The fourth-order valence-corrected chi connectivity index (χ4v) is 5.33. The van der Waals surface area contributed by atoms with Crippen LogP contribution in [-0.4, -0.2) is 37.5 Å². The Balaban J connectivity index is 1.70. The fraction of sp³-hybridized carbons (Fsp3) is 0.269. The molecule has 9 heteroatoms. The van der Waals surface area contributed by atoms with E-state index in [1.54, 1.807) is 37.7 Å². The van der Waals surface area contributed by atoms with Crippen molar-refractivity contribution in [3.05, 3.63) is 84.5 Å². The summed E-state index contributed by atoms with van der Waals surface area (Å²) in [5.41, 5.74) is 2.05. The Kier molecular flexibility index (Phi) is 6.17. The zero-order valence-corrected chi connectivity index (χ0v) is 20.4. The monoisotopic (exact) mass is 492 g/mol. The van der Waals surface area contributed by atoms with E-state index < -0.39 is 12.0 Å². The Morgan fingerprint density at radius 2 is 1.97 bits per heavy atom. The van der Waals surface area contributed by atoms with Crippen molar-refractivity contribution in [2.24, 2.45) is 4.99 Å². The van der Waals surface area contributed by atoms with Crippen LogP contribution in [0.2, 0.25) is 0 Å². The Hall–Kier alpha value is -3.85. The van der Waals surface area contributed by atoms with E-state index in [0.29, 0.717) is 56.6 Å². The predicted octanol–water partition coefficient (Wildman–Crippen LogP) is 2.58. The molecule has 0 spiro atoms. The maximum absolute atomic E-state index is 13.7. The van der Waals surface area contributed by atoms with Gasteiger partial charge in [-0.25, -0.2) is 9.79 Å². The van der Waals surface area contributed by atoms with Crippen LogP contribution < -0.4 is 29.1 Å². The van der Waals surface area contributed by atoms with Gasteiger partial charge in [-0.2, -0.15) is 0 Å². The maximum Gasteiger partial charge on any atom is 0.338 e. The number of ether oxygens (including phenoxy) is 4. The molecule has 8 nitrogen and oxygen atoms in total. The zero-order chi connectivity index (χ0) is 24.5. The van der Waals surface area contributed by atoms with Crippen LogP contribution in [0.25, 0.3) is 6.08 Å². The molecule has 0 amide bonds. The number of carbonyl (C=O) groups excluding carboxylic acids is 1. The number of methoxy groups -OCH3 is 1. The number of fused-ring (bicyclic) bond motifs is 2. The highest BCUT2D eigenvalue weighted by atomic mass is 32.1. The van der Waals surface area contributed by atoms with Crippen molar-refractivity contribution in [1.29, 1.82) is 0 Å². The van der Waals surface area contributed by atoms with Crippen molar-refractivity contribution in [3.8, 4) is 17.2 Å². The van der Waals surface area contributed by atoms with Gasteiger partial charge in [-0.3, -0.25) is 9.36 Å². The van der Waals surface area contributed by atoms with Crippen LogP contribution in [-0.2, 0) is 9.53 Å². The molecule has 0 saturated heterocycles. The van der Waals surface area contributed by atoms with Crippen molar-refractivity contribution in [2.45, 2.75) is 19.9 Å². The van der Waals surface area contributed by atoms with E-state index in [2.05, 4.69) is 4.99 Å². The number of carbonyl (C=O) groups is 1. The molecular weight excluding hydrogens is 468 g/mol. The highest BCUT2D eigenvalue weighted by Gasteiger charge is 2.34. The SMILES string of the molecule is CCOC(=O)C1=C(C)N=c2sc(=Cc3ccc4c(c3)OCCO4)c(=O)n2[C@H]1c1ccccc1OC. The van der Waals surface area contributed by atoms with Crippen molar-refractivity contribution in [3.63, 3.8) is 0 Å². The van der Waals surface area contributed by atoms with Gasteiger partial charge < -0.3 is 18.9 Å². The van der Waals surface area contributed by atoms with Crippen LogP contribution in [0.3, 0.4) is 0 Å². The average Bonchev–Trinajstić information content (AvgIpc) is 3.17. The van der Waals surface area contributed by atoms with Gasteiger partial charge in [0.25, 0.3) is 5.56 Å². The van der Waals surface area contributed by atoms with E-state index in [1.807, 2.05) is 36.4 Å². The molecule has 0 fully saturated rings. The van der Waals surface area contributed by atoms with E-state index in [4.69, 9.17) is 18.9 Å². The third kappa shape index (κ3) is 4.12. The second-order valence-electron chi connectivity index (χ2n) is 7.95. The first kappa shape index (κ1) is 22.9. The smallest absolute Gasteiger partial charge is 0.338 e. The molecule has 0 saturated carbocycles. The largest absolute Gasteiger partial charge is 0.496 e. The molecule has 180 valence electrons. The minimum atomic E-state index is -0.733. The first-order valence-corrected chi connectivity index (χ1v) is 12.1. The highest BCUT2D eigenvalue weighted by molar-refractivity contribution is 7.07. The van der Waals surface area contributed by atoms with Gasteiger partial charge in [-0.15, -0.1) is 0 Å². The second kappa shape index (κ2) is 9.42. The first-order valence-electron chi connectivity index (χ1n) is 11.2. The third-order valence-corrected chi connectivity index (χ3v) is 6.80. The molecule has 2 aliphatic rings. The lowest BCUT2D eigenvalue weighted by Crippen LogP contribution is -2.40. The molecule has 1 aromatic heterocycles. The van der Waals surface area contributed by atoms with E-state index >= 15 is 0 Å². The van der Waals surface area contributed by atoms with Gasteiger partial charge in [0, 0.05) is 5.56 Å². The van der Waals surface area contributed by atoms with E-state index in [-0.39, 0.29) is 12.2 Å². The summed E-state index contributed by atoms with van der Waals surface area (Å²) in [6, 6.07) is 12.2. The van der Waals surface area contributed by atoms with Crippen LogP contribution in [0.4, 0.5) is 0 Å². The Labute approximate surface area is 205 Å². The lowest BCUT2D eigenvalue weighted by Gasteiger charge is -2.25. The van der Waals surface area contributed by atoms with E-state index in [9.17, 15) is 9.59 Å². The molecule has 0 unspecified atom stereocenters. The van der Waals surface area contributed by atoms with Crippen LogP contribution >= 0.6 is 11.3 Å². The van der Waals surface area contributed by atoms with Crippen molar-refractivity contribution >= 4 is 23.4 Å². The van der Waals surface area contributed by atoms with Crippen LogP contribution in [0, 0.1) is 0 Å². The summed E-state index contributed by atoms with van der Waals surface area (Å²) in [4.78, 5) is 31.9. The summed E-state index contributed by atoms with van der Waals surface area (Å²) < 4.78 is 24.2. The van der Waals surface area contributed by atoms with Gasteiger partial charge in [0.1, 0.15) is 25.0 Å². The van der Waals surface area contributed by atoms with Gasteiger partial charge in [-0.05, 0) is 43.7 Å². The predicted molar refractivity (Wildman–Crippen MR) is 131 cm³/mol. The number of nitrogens with zero attached hydrogens (tertiary/aromatic N) is 2. The molecule has 0 radical (unpaired) electrons. The Bertz CT molecular complexity index is 1520. The van der Waals surface area contributed by atoms with Gasteiger partial charge in [0.2, 0.25) is 0 Å². The lowest BCUT2D eigenvalue weighted by molar-refractivity contribution is -0.139. The van der Waals surface area contributed by atoms with Gasteiger partial charge in [0.15, 0.2) is 16.3 Å². The molecule has 3 aromatic rings. The number of rotatable bonds is 5. The molecule has 3 heterocycles.